The number of rotatable bonds is 8. The van der Waals surface area contributed by atoms with Crippen molar-refractivity contribution in [2.75, 3.05) is 12.3 Å². The first-order valence-corrected chi connectivity index (χ1v) is 8.06. The second-order valence-electron chi connectivity index (χ2n) is 5.09. The number of nitrogens with zero attached hydrogens (tertiary/aromatic N) is 1. The number of carbonyl (C=O) groups is 3. The van der Waals surface area contributed by atoms with Crippen molar-refractivity contribution >= 4 is 27.9 Å². The van der Waals surface area contributed by atoms with Gasteiger partial charge in [-0.3, -0.25) is 9.59 Å². The van der Waals surface area contributed by atoms with E-state index in [1.807, 2.05) is 0 Å². The van der Waals surface area contributed by atoms with E-state index in [4.69, 9.17) is 15.4 Å². The van der Waals surface area contributed by atoms with Gasteiger partial charge in [0.25, 0.3) is 0 Å². The molecule has 4 N–H and O–H groups in total. The summed E-state index contributed by atoms with van der Waals surface area (Å²) in [5.74, 6) is -3.64. The van der Waals surface area contributed by atoms with Gasteiger partial charge in [0.1, 0.15) is 6.04 Å². The summed E-state index contributed by atoms with van der Waals surface area (Å²) in [4.78, 5) is 34.6. The van der Waals surface area contributed by atoms with Crippen LogP contribution in [0, 0.1) is 5.92 Å². The molecule has 0 radical (unpaired) electrons. The minimum absolute atomic E-state index is 0.000693. The number of aliphatic carboxylic acids is 2. The summed E-state index contributed by atoms with van der Waals surface area (Å²) >= 11 is 0. The minimum atomic E-state index is -3.73. The number of likely N-dealkylation sites (tertiary alicyclic amines) is 1. The van der Waals surface area contributed by atoms with Crippen molar-refractivity contribution in [1.29, 1.82) is 0 Å². The molecule has 9 nitrogen and oxygen atoms in total. The van der Waals surface area contributed by atoms with E-state index in [2.05, 4.69) is 0 Å². The molecule has 21 heavy (non-hydrogen) atoms. The smallest absolute Gasteiger partial charge is 0.326 e. The van der Waals surface area contributed by atoms with Crippen LogP contribution in [0.3, 0.4) is 0 Å². The third-order valence-electron chi connectivity index (χ3n) is 3.24. The molecule has 0 saturated carbocycles. The molecule has 0 aliphatic carbocycles. The summed E-state index contributed by atoms with van der Waals surface area (Å²) in [6.07, 6.45) is -0.128. The van der Waals surface area contributed by atoms with E-state index in [1.165, 1.54) is 0 Å². The molecule has 0 aromatic carbocycles. The van der Waals surface area contributed by atoms with Gasteiger partial charge in [0, 0.05) is 25.3 Å². The molecule has 2 atom stereocenters. The Hall–Kier alpha value is -1.68. The van der Waals surface area contributed by atoms with E-state index in [9.17, 15) is 22.8 Å². The van der Waals surface area contributed by atoms with Gasteiger partial charge in [-0.15, -0.1) is 0 Å². The highest BCUT2D eigenvalue weighted by Crippen LogP contribution is 2.23. The molecule has 0 aromatic heterocycles. The zero-order chi connectivity index (χ0) is 16.2. The second-order valence-corrected chi connectivity index (χ2v) is 6.74. The maximum atomic E-state index is 11.8. The van der Waals surface area contributed by atoms with Crippen molar-refractivity contribution in [3.63, 3.8) is 0 Å². The summed E-state index contributed by atoms with van der Waals surface area (Å²) in [7, 11) is -3.73. The summed E-state index contributed by atoms with van der Waals surface area (Å²) in [5, 5.41) is 22.6. The zero-order valence-corrected chi connectivity index (χ0v) is 12.1. The van der Waals surface area contributed by atoms with Gasteiger partial charge in [-0.2, -0.15) is 0 Å². The standard InChI is InChI=1S/C11H18N2O7S/c12-21(19,20)6-7-4-9(14)13(5-7)8(11(17)18)2-1-3-10(15)16/h7-8H,1-6H2,(H,15,16)(H,17,18)(H2,12,19,20)/t7?,8-/m1/s1. The Morgan fingerprint density at radius 2 is 2.00 bits per heavy atom. The molecule has 1 saturated heterocycles. The third kappa shape index (κ3) is 5.68. The van der Waals surface area contributed by atoms with Crippen molar-refractivity contribution in [3.8, 4) is 0 Å². The van der Waals surface area contributed by atoms with Gasteiger partial charge in [-0.1, -0.05) is 0 Å². The largest absolute Gasteiger partial charge is 0.481 e. The maximum absolute atomic E-state index is 11.8. The molecule has 0 bridgehead atoms. The number of nitrogens with two attached hydrogens (primary N) is 1. The first-order chi connectivity index (χ1) is 9.60. The number of amides is 1. The van der Waals surface area contributed by atoms with Crippen molar-refractivity contribution in [2.45, 2.75) is 31.7 Å². The molecule has 1 aliphatic rings. The van der Waals surface area contributed by atoms with Gasteiger partial charge >= 0.3 is 11.9 Å². The monoisotopic (exact) mass is 322 g/mol. The van der Waals surface area contributed by atoms with Crippen LogP contribution in [0.2, 0.25) is 0 Å². The van der Waals surface area contributed by atoms with Crippen LogP contribution in [0.5, 0.6) is 0 Å². The molecule has 0 aromatic rings. The lowest BCUT2D eigenvalue weighted by Gasteiger charge is -2.24. The van der Waals surface area contributed by atoms with E-state index in [-0.39, 0.29) is 38.0 Å². The molecule has 1 amide bonds. The Morgan fingerprint density at radius 1 is 1.38 bits per heavy atom. The van der Waals surface area contributed by atoms with Gasteiger partial charge in [0.05, 0.1) is 5.75 Å². The molecule has 1 rings (SSSR count). The van der Waals surface area contributed by atoms with Gasteiger partial charge in [0.15, 0.2) is 0 Å². The van der Waals surface area contributed by atoms with Crippen LogP contribution in [0.1, 0.15) is 25.7 Å². The highest BCUT2D eigenvalue weighted by Gasteiger charge is 2.38. The average Bonchev–Trinajstić information content (AvgIpc) is 2.62. The Bertz CT molecular complexity index is 531. The Balaban J connectivity index is 2.68. The fourth-order valence-electron chi connectivity index (χ4n) is 2.41. The summed E-state index contributed by atoms with van der Waals surface area (Å²) in [6, 6.07) is -1.14. The second kappa shape index (κ2) is 6.85. The summed E-state index contributed by atoms with van der Waals surface area (Å²) in [5.41, 5.74) is 0. The number of carboxylic acids is 2. The zero-order valence-electron chi connectivity index (χ0n) is 11.3. The summed E-state index contributed by atoms with van der Waals surface area (Å²) in [6.45, 7) is -0.000693. The molecule has 120 valence electrons. The van der Waals surface area contributed by atoms with Gasteiger partial charge in [-0.05, 0) is 12.8 Å². The minimum Gasteiger partial charge on any atom is -0.481 e. The van der Waals surface area contributed by atoms with Crippen molar-refractivity contribution in [2.24, 2.45) is 11.1 Å². The first kappa shape index (κ1) is 17.4. The fraction of sp³-hybridized carbons (Fsp3) is 0.727. The SMILES string of the molecule is NS(=O)(=O)CC1CC(=O)N([C@H](CCCC(=O)O)C(=O)O)C1. The predicted octanol–water partition coefficient (Wildman–Crippen LogP) is -1.17. The van der Waals surface area contributed by atoms with Crippen molar-refractivity contribution < 1.29 is 33.0 Å². The molecule has 1 heterocycles. The molecule has 1 unspecified atom stereocenters. The third-order valence-corrected chi connectivity index (χ3v) is 4.17. The molecular weight excluding hydrogens is 304 g/mol. The van der Waals surface area contributed by atoms with E-state index < -0.39 is 39.8 Å². The highest BCUT2D eigenvalue weighted by molar-refractivity contribution is 7.89. The summed E-state index contributed by atoms with van der Waals surface area (Å²) < 4.78 is 22.0. The quantitative estimate of drug-likeness (QED) is 0.508. The van der Waals surface area contributed by atoms with E-state index in [1.54, 1.807) is 0 Å². The number of carbonyl (C=O) groups excluding carboxylic acids is 1. The molecule has 10 heteroatoms. The molecule has 0 spiro atoms. The lowest BCUT2D eigenvalue weighted by atomic mass is 10.1. The highest BCUT2D eigenvalue weighted by atomic mass is 32.2. The number of carboxylic acid groups (broad SMARTS) is 2. The van der Waals surface area contributed by atoms with Crippen LogP contribution in [0.15, 0.2) is 0 Å². The normalized spacial score (nSPS) is 20.5. The van der Waals surface area contributed by atoms with Crippen molar-refractivity contribution in [3.05, 3.63) is 0 Å². The topological polar surface area (TPSA) is 155 Å². The van der Waals surface area contributed by atoms with E-state index in [0.717, 1.165) is 4.90 Å². The number of sulfonamides is 1. The van der Waals surface area contributed by atoms with Crippen LogP contribution in [-0.4, -0.2) is 59.7 Å². The Labute approximate surface area is 121 Å². The van der Waals surface area contributed by atoms with Crippen LogP contribution in [-0.2, 0) is 24.4 Å². The van der Waals surface area contributed by atoms with Gasteiger partial charge in [0.2, 0.25) is 15.9 Å². The van der Waals surface area contributed by atoms with E-state index >= 15 is 0 Å². The molecule has 1 aliphatic heterocycles. The predicted molar refractivity (Wildman–Crippen MR) is 70.7 cm³/mol. The van der Waals surface area contributed by atoms with Crippen molar-refractivity contribution in [1.82, 2.24) is 4.90 Å². The van der Waals surface area contributed by atoms with Gasteiger partial charge < -0.3 is 15.1 Å². The van der Waals surface area contributed by atoms with E-state index in [0.29, 0.717) is 0 Å². The lowest BCUT2D eigenvalue weighted by Crippen LogP contribution is -2.42. The molecule has 1 fully saturated rings. The van der Waals surface area contributed by atoms with Crippen LogP contribution in [0.25, 0.3) is 0 Å². The van der Waals surface area contributed by atoms with Crippen LogP contribution < -0.4 is 5.14 Å². The number of hydrogen-bond acceptors (Lipinski definition) is 5. The number of primary sulfonamides is 1. The first-order valence-electron chi connectivity index (χ1n) is 6.34. The molecular formula is C11H18N2O7S. The average molecular weight is 322 g/mol. The Kier molecular flexibility index (Phi) is 5.67. The number of hydrogen-bond donors (Lipinski definition) is 3. The van der Waals surface area contributed by atoms with Crippen LogP contribution >= 0.6 is 0 Å². The Morgan fingerprint density at radius 3 is 2.48 bits per heavy atom. The lowest BCUT2D eigenvalue weighted by molar-refractivity contribution is -0.149. The van der Waals surface area contributed by atoms with Crippen LogP contribution in [0.4, 0.5) is 0 Å². The maximum Gasteiger partial charge on any atom is 0.326 e. The van der Waals surface area contributed by atoms with Gasteiger partial charge in [-0.25, -0.2) is 18.4 Å². The fourth-order valence-corrected chi connectivity index (χ4v) is 3.29.